The lowest BCUT2D eigenvalue weighted by Gasteiger charge is -2.09. The minimum atomic E-state index is -3.94. The minimum Gasteiger partial charge on any atom is -0.398 e. The number of benzene rings is 1. The number of nitrogen functional groups attached to an aromatic ring is 1. The lowest BCUT2D eigenvalue weighted by atomic mass is 10.2. The second kappa shape index (κ2) is 5.13. The summed E-state index contributed by atoms with van der Waals surface area (Å²) in [5.74, 6) is -0.772. The Bertz CT molecular complexity index is 746. The summed E-state index contributed by atoms with van der Waals surface area (Å²) in [6.45, 7) is 0. The summed E-state index contributed by atoms with van der Waals surface area (Å²) in [4.78, 5) is 18.3. The molecule has 2 aromatic rings. The number of hydrogen-bond donors (Lipinski definition) is 3. The van der Waals surface area contributed by atoms with Crippen molar-refractivity contribution in [2.75, 3.05) is 10.5 Å². The fraction of sp³-hybridized carbons (Fsp3) is 0. The van der Waals surface area contributed by atoms with Gasteiger partial charge >= 0.3 is 0 Å². The Morgan fingerprint density at radius 3 is 2.40 bits per heavy atom. The first-order valence-corrected chi connectivity index (χ1v) is 6.87. The number of rotatable bonds is 4. The molecule has 9 heteroatoms. The van der Waals surface area contributed by atoms with E-state index in [4.69, 9.17) is 11.5 Å². The number of amides is 1. The monoisotopic (exact) mass is 293 g/mol. The summed E-state index contributed by atoms with van der Waals surface area (Å²) in [5.41, 5.74) is 10.7. The highest BCUT2D eigenvalue weighted by molar-refractivity contribution is 7.92. The molecule has 5 N–H and O–H groups in total. The summed E-state index contributed by atoms with van der Waals surface area (Å²) < 4.78 is 26.4. The van der Waals surface area contributed by atoms with E-state index in [0.717, 1.165) is 0 Å². The first kappa shape index (κ1) is 13.7. The van der Waals surface area contributed by atoms with Crippen LogP contribution in [-0.4, -0.2) is 24.3 Å². The van der Waals surface area contributed by atoms with Crippen molar-refractivity contribution in [3.63, 3.8) is 0 Å². The first-order valence-electron chi connectivity index (χ1n) is 5.39. The van der Waals surface area contributed by atoms with Crippen LogP contribution < -0.4 is 16.2 Å². The molecule has 0 unspecified atom stereocenters. The zero-order valence-corrected chi connectivity index (χ0v) is 11.0. The van der Waals surface area contributed by atoms with E-state index in [2.05, 4.69) is 14.7 Å². The summed E-state index contributed by atoms with van der Waals surface area (Å²) in [5, 5.41) is 0. The number of anilines is 2. The number of carbonyl (C=O) groups excluding carboxylic acids is 1. The van der Waals surface area contributed by atoms with Crippen LogP contribution in [0.1, 0.15) is 10.4 Å². The lowest BCUT2D eigenvalue weighted by Crippen LogP contribution is -2.17. The fourth-order valence-corrected chi connectivity index (χ4v) is 2.55. The van der Waals surface area contributed by atoms with Crippen LogP contribution in [0.15, 0.2) is 41.6 Å². The Morgan fingerprint density at radius 2 is 1.85 bits per heavy atom. The van der Waals surface area contributed by atoms with Gasteiger partial charge in [-0.05, 0) is 24.3 Å². The van der Waals surface area contributed by atoms with E-state index in [-0.39, 0.29) is 22.1 Å². The molecule has 0 bridgehead atoms. The summed E-state index contributed by atoms with van der Waals surface area (Å²) in [6.07, 6.45) is 2.79. The van der Waals surface area contributed by atoms with Crippen molar-refractivity contribution in [3.05, 3.63) is 42.2 Å². The highest BCUT2D eigenvalue weighted by atomic mass is 32.2. The number of carbonyl (C=O) groups is 1. The van der Waals surface area contributed by atoms with Crippen LogP contribution >= 0.6 is 0 Å². The maximum Gasteiger partial charge on any atom is 0.266 e. The summed E-state index contributed by atoms with van der Waals surface area (Å²) in [6, 6.07) is 5.22. The quantitative estimate of drug-likeness (QED) is 0.675. The average Bonchev–Trinajstić information content (AvgIpc) is 2.38. The normalized spacial score (nSPS) is 11.0. The van der Waals surface area contributed by atoms with E-state index in [1.54, 1.807) is 6.07 Å². The molecule has 0 saturated carbocycles. The fourth-order valence-electron chi connectivity index (χ4n) is 1.47. The van der Waals surface area contributed by atoms with Crippen LogP contribution in [0.3, 0.4) is 0 Å². The van der Waals surface area contributed by atoms with Crippen molar-refractivity contribution in [3.8, 4) is 0 Å². The Morgan fingerprint density at radius 1 is 1.20 bits per heavy atom. The van der Waals surface area contributed by atoms with Gasteiger partial charge in [0.2, 0.25) is 11.9 Å². The van der Waals surface area contributed by atoms with Crippen molar-refractivity contribution in [2.24, 2.45) is 5.73 Å². The van der Waals surface area contributed by atoms with E-state index < -0.39 is 15.9 Å². The summed E-state index contributed by atoms with van der Waals surface area (Å²) >= 11 is 0. The Balaban J connectivity index is 2.37. The minimum absolute atomic E-state index is 0.0779. The first-order chi connectivity index (χ1) is 9.40. The van der Waals surface area contributed by atoms with Gasteiger partial charge in [-0.15, -0.1) is 0 Å². The number of nitrogens with two attached hydrogens (primary N) is 2. The molecule has 0 aliphatic rings. The second-order valence-electron chi connectivity index (χ2n) is 3.79. The van der Waals surface area contributed by atoms with Crippen LogP contribution in [0.25, 0.3) is 0 Å². The van der Waals surface area contributed by atoms with Gasteiger partial charge in [0.1, 0.15) is 4.90 Å². The number of aromatic nitrogens is 2. The Hall–Kier alpha value is -2.68. The zero-order chi connectivity index (χ0) is 14.8. The average molecular weight is 293 g/mol. The molecule has 0 aliphatic carbocycles. The molecule has 0 aliphatic heterocycles. The van der Waals surface area contributed by atoms with Gasteiger partial charge in [-0.2, -0.15) is 0 Å². The van der Waals surface area contributed by atoms with Crippen molar-refractivity contribution in [1.29, 1.82) is 0 Å². The third-order valence-electron chi connectivity index (χ3n) is 2.38. The molecule has 104 valence electrons. The molecule has 1 aromatic heterocycles. The lowest BCUT2D eigenvalue weighted by molar-refractivity contribution is 0.1000. The SMILES string of the molecule is NC(=O)c1ccc(S(=O)(=O)Nc2ncccn2)c(N)c1. The number of nitrogens with one attached hydrogen (secondary N) is 1. The van der Waals surface area contributed by atoms with Crippen molar-refractivity contribution < 1.29 is 13.2 Å². The van der Waals surface area contributed by atoms with E-state index in [1.807, 2.05) is 0 Å². The van der Waals surface area contributed by atoms with Gasteiger partial charge < -0.3 is 11.5 Å². The molecule has 0 fully saturated rings. The van der Waals surface area contributed by atoms with Crippen molar-refractivity contribution in [2.45, 2.75) is 4.90 Å². The highest BCUT2D eigenvalue weighted by Gasteiger charge is 2.19. The maximum atomic E-state index is 12.1. The molecule has 20 heavy (non-hydrogen) atoms. The Kier molecular flexibility index (Phi) is 3.53. The zero-order valence-electron chi connectivity index (χ0n) is 10.1. The second-order valence-corrected chi connectivity index (χ2v) is 5.45. The highest BCUT2D eigenvalue weighted by Crippen LogP contribution is 2.21. The molecule has 0 radical (unpaired) electrons. The van der Waals surface area contributed by atoms with Crippen LogP contribution in [-0.2, 0) is 10.0 Å². The molecule has 1 heterocycles. The molecular weight excluding hydrogens is 282 g/mol. The molecule has 8 nitrogen and oxygen atoms in total. The molecule has 0 saturated heterocycles. The Labute approximate surface area is 114 Å². The van der Waals surface area contributed by atoms with Crippen molar-refractivity contribution in [1.82, 2.24) is 9.97 Å². The van der Waals surface area contributed by atoms with Crippen LogP contribution in [0.4, 0.5) is 11.6 Å². The molecule has 1 aromatic carbocycles. The number of primary amides is 1. The molecular formula is C11H11N5O3S. The van der Waals surface area contributed by atoms with Gasteiger partial charge in [0.25, 0.3) is 10.0 Å². The largest absolute Gasteiger partial charge is 0.398 e. The third-order valence-corrected chi connectivity index (χ3v) is 3.78. The van der Waals surface area contributed by atoms with Gasteiger partial charge in [0, 0.05) is 18.0 Å². The van der Waals surface area contributed by atoms with E-state index >= 15 is 0 Å². The van der Waals surface area contributed by atoms with Crippen molar-refractivity contribution >= 4 is 27.6 Å². The van der Waals surface area contributed by atoms with Gasteiger partial charge in [-0.25, -0.2) is 23.1 Å². The molecule has 1 amide bonds. The number of nitrogens with zero attached hydrogens (tertiary/aromatic N) is 2. The number of hydrogen-bond acceptors (Lipinski definition) is 6. The van der Waals surface area contributed by atoms with Crippen LogP contribution in [0.5, 0.6) is 0 Å². The molecule has 0 atom stereocenters. The smallest absolute Gasteiger partial charge is 0.266 e. The summed E-state index contributed by atoms with van der Waals surface area (Å²) in [7, 11) is -3.94. The molecule has 2 rings (SSSR count). The topological polar surface area (TPSA) is 141 Å². The maximum absolute atomic E-state index is 12.1. The van der Waals surface area contributed by atoms with Gasteiger partial charge in [-0.1, -0.05) is 0 Å². The molecule has 0 spiro atoms. The predicted molar refractivity (Wildman–Crippen MR) is 72.2 cm³/mol. The van der Waals surface area contributed by atoms with Crippen LogP contribution in [0, 0.1) is 0 Å². The van der Waals surface area contributed by atoms with E-state index in [9.17, 15) is 13.2 Å². The van der Waals surface area contributed by atoms with Crippen LogP contribution in [0.2, 0.25) is 0 Å². The van der Waals surface area contributed by atoms with Gasteiger partial charge in [0.05, 0.1) is 5.69 Å². The third kappa shape index (κ3) is 2.83. The van der Waals surface area contributed by atoms with E-state index in [0.29, 0.717) is 0 Å². The predicted octanol–water partition coefficient (Wildman–Crippen LogP) is -0.0415. The standard InChI is InChI=1S/C11H11N5O3S/c12-8-6-7(10(13)17)2-3-9(8)20(18,19)16-11-14-4-1-5-15-11/h1-6H,12H2,(H2,13,17)(H,14,15,16). The number of sulfonamides is 1. The van der Waals surface area contributed by atoms with Gasteiger partial charge in [-0.3, -0.25) is 4.79 Å². The van der Waals surface area contributed by atoms with Gasteiger partial charge in [0.15, 0.2) is 0 Å². The van der Waals surface area contributed by atoms with E-state index in [1.165, 1.54) is 30.6 Å².